The third-order valence-electron chi connectivity index (χ3n) is 3.19. The van der Waals surface area contributed by atoms with Crippen LogP contribution in [0.15, 0.2) is 24.3 Å². The van der Waals surface area contributed by atoms with Crippen molar-refractivity contribution < 1.29 is 13.9 Å². The van der Waals surface area contributed by atoms with E-state index in [0.717, 1.165) is 26.3 Å². The Balaban J connectivity index is 1.95. The van der Waals surface area contributed by atoms with Gasteiger partial charge in [-0.1, -0.05) is 19.1 Å². The van der Waals surface area contributed by atoms with Crippen LogP contribution in [0.5, 0.6) is 0 Å². The highest BCUT2D eigenvalue weighted by atomic mass is 19.1. The molecule has 3 nitrogen and oxygen atoms in total. The van der Waals surface area contributed by atoms with Crippen molar-refractivity contribution >= 4 is 5.78 Å². The summed E-state index contributed by atoms with van der Waals surface area (Å²) in [6.45, 7) is 5.77. The Hall–Kier alpha value is -1.26. The molecule has 1 unspecified atom stereocenters. The fourth-order valence-corrected chi connectivity index (χ4v) is 2.18. The monoisotopic (exact) mass is 251 g/mol. The highest BCUT2D eigenvalue weighted by Gasteiger charge is 2.20. The molecular weight excluding hydrogens is 233 g/mol. The minimum atomic E-state index is -0.362. The van der Waals surface area contributed by atoms with Crippen LogP contribution in [-0.4, -0.2) is 43.5 Å². The molecule has 0 N–H and O–H groups in total. The number of carbonyl (C=O) groups excluding carboxylic acids is 1. The zero-order valence-electron chi connectivity index (χ0n) is 10.6. The molecule has 1 aliphatic heterocycles. The summed E-state index contributed by atoms with van der Waals surface area (Å²) >= 11 is 0. The molecule has 0 amide bonds. The van der Waals surface area contributed by atoms with Gasteiger partial charge in [-0.3, -0.25) is 9.69 Å². The molecule has 18 heavy (non-hydrogen) atoms. The summed E-state index contributed by atoms with van der Waals surface area (Å²) < 4.78 is 18.3. The number of ether oxygens (including phenoxy) is 1. The second-order valence-corrected chi connectivity index (χ2v) is 4.69. The predicted octanol–water partition coefficient (Wildman–Crippen LogP) is 1.98. The Bertz CT molecular complexity index is 416. The van der Waals surface area contributed by atoms with Crippen LogP contribution in [0.1, 0.15) is 17.3 Å². The number of benzene rings is 1. The van der Waals surface area contributed by atoms with Crippen molar-refractivity contribution in [3.63, 3.8) is 0 Å². The molecule has 0 radical (unpaired) electrons. The van der Waals surface area contributed by atoms with Crippen molar-refractivity contribution in [3.8, 4) is 0 Å². The number of nitrogens with zero attached hydrogens (tertiary/aromatic N) is 1. The molecule has 1 aromatic rings. The maximum Gasteiger partial charge on any atom is 0.167 e. The van der Waals surface area contributed by atoms with Crippen LogP contribution in [-0.2, 0) is 4.74 Å². The van der Waals surface area contributed by atoms with E-state index in [1.165, 1.54) is 12.1 Å². The second-order valence-electron chi connectivity index (χ2n) is 4.69. The topological polar surface area (TPSA) is 29.5 Å². The summed E-state index contributed by atoms with van der Waals surface area (Å²) in [5.41, 5.74) is 0.454. The van der Waals surface area contributed by atoms with Crippen LogP contribution in [0.2, 0.25) is 0 Å². The lowest BCUT2D eigenvalue weighted by Crippen LogP contribution is -2.40. The number of halogens is 1. The van der Waals surface area contributed by atoms with Crippen LogP contribution in [0, 0.1) is 11.7 Å². The smallest absolute Gasteiger partial charge is 0.167 e. The summed E-state index contributed by atoms with van der Waals surface area (Å²) in [4.78, 5) is 14.4. The van der Waals surface area contributed by atoms with Gasteiger partial charge in [0.1, 0.15) is 5.82 Å². The van der Waals surface area contributed by atoms with Gasteiger partial charge in [0.25, 0.3) is 0 Å². The van der Waals surface area contributed by atoms with Gasteiger partial charge in [0, 0.05) is 31.1 Å². The summed E-state index contributed by atoms with van der Waals surface area (Å²) in [7, 11) is 0. The number of hydrogen-bond acceptors (Lipinski definition) is 3. The van der Waals surface area contributed by atoms with Crippen molar-refractivity contribution in [1.29, 1.82) is 0 Å². The van der Waals surface area contributed by atoms with E-state index < -0.39 is 0 Å². The van der Waals surface area contributed by atoms with Crippen LogP contribution in [0.25, 0.3) is 0 Å². The molecule has 0 aliphatic carbocycles. The van der Waals surface area contributed by atoms with Crippen molar-refractivity contribution in [2.24, 2.45) is 5.92 Å². The molecule has 1 heterocycles. The standard InChI is InChI=1S/C14H18FNO2/c1-11(10-16-5-7-18-8-6-16)14(17)12-3-2-4-13(15)9-12/h2-4,9,11H,5-8,10H2,1H3. The van der Waals surface area contributed by atoms with E-state index in [9.17, 15) is 9.18 Å². The van der Waals surface area contributed by atoms with Gasteiger partial charge in [-0.2, -0.15) is 0 Å². The number of ketones is 1. The molecule has 0 aromatic heterocycles. The van der Waals surface area contributed by atoms with E-state index >= 15 is 0 Å². The van der Waals surface area contributed by atoms with E-state index in [1.807, 2.05) is 6.92 Å². The molecule has 0 spiro atoms. The molecule has 1 aliphatic rings. The Labute approximate surface area is 107 Å². The second kappa shape index (κ2) is 6.07. The molecule has 1 atom stereocenters. The van der Waals surface area contributed by atoms with Gasteiger partial charge >= 0.3 is 0 Å². The van der Waals surface area contributed by atoms with Crippen molar-refractivity contribution in [3.05, 3.63) is 35.6 Å². The summed E-state index contributed by atoms with van der Waals surface area (Å²) in [6, 6.07) is 5.90. The summed E-state index contributed by atoms with van der Waals surface area (Å²) in [5.74, 6) is -0.481. The molecule has 4 heteroatoms. The first-order chi connectivity index (χ1) is 8.66. The molecule has 0 saturated carbocycles. The number of hydrogen-bond donors (Lipinski definition) is 0. The van der Waals surface area contributed by atoms with E-state index in [4.69, 9.17) is 4.74 Å². The number of Topliss-reactive ketones (excluding diaryl/α,β-unsaturated/α-hetero) is 1. The van der Waals surface area contributed by atoms with Gasteiger partial charge in [0.05, 0.1) is 13.2 Å². The van der Waals surface area contributed by atoms with E-state index in [1.54, 1.807) is 12.1 Å². The van der Waals surface area contributed by atoms with Crippen LogP contribution >= 0.6 is 0 Å². The van der Waals surface area contributed by atoms with Gasteiger partial charge in [-0.25, -0.2) is 4.39 Å². The average Bonchev–Trinajstić information content (AvgIpc) is 2.39. The molecule has 1 aromatic carbocycles. The van der Waals surface area contributed by atoms with Gasteiger partial charge in [-0.05, 0) is 12.1 Å². The van der Waals surface area contributed by atoms with E-state index in [0.29, 0.717) is 12.1 Å². The van der Waals surface area contributed by atoms with Gasteiger partial charge < -0.3 is 4.74 Å². The molecule has 98 valence electrons. The third kappa shape index (κ3) is 3.37. The zero-order chi connectivity index (χ0) is 13.0. The lowest BCUT2D eigenvalue weighted by molar-refractivity contribution is 0.0313. The first-order valence-corrected chi connectivity index (χ1v) is 6.26. The fraction of sp³-hybridized carbons (Fsp3) is 0.500. The Morgan fingerprint density at radius 2 is 2.17 bits per heavy atom. The van der Waals surface area contributed by atoms with Gasteiger partial charge in [0.15, 0.2) is 5.78 Å². The molecule has 1 fully saturated rings. The van der Waals surface area contributed by atoms with Crippen molar-refractivity contribution in [2.45, 2.75) is 6.92 Å². The Kier molecular flexibility index (Phi) is 4.44. The van der Waals surface area contributed by atoms with Gasteiger partial charge in [0.2, 0.25) is 0 Å². The number of rotatable bonds is 4. The van der Waals surface area contributed by atoms with Crippen molar-refractivity contribution in [1.82, 2.24) is 4.90 Å². The highest BCUT2D eigenvalue weighted by molar-refractivity contribution is 5.97. The average molecular weight is 251 g/mol. The largest absolute Gasteiger partial charge is 0.379 e. The lowest BCUT2D eigenvalue weighted by atomic mass is 9.98. The normalized spacial score (nSPS) is 18.6. The summed E-state index contributed by atoms with van der Waals surface area (Å²) in [5, 5.41) is 0. The first-order valence-electron chi connectivity index (χ1n) is 6.26. The number of carbonyl (C=O) groups is 1. The summed E-state index contributed by atoms with van der Waals surface area (Å²) in [6.07, 6.45) is 0. The molecule has 2 rings (SSSR count). The third-order valence-corrected chi connectivity index (χ3v) is 3.19. The number of morpholine rings is 1. The fourth-order valence-electron chi connectivity index (χ4n) is 2.18. The molecule has 1 saturated heterocycles. The Morgan fingerprint density at radius 3 is 2.83 bits per heavy atom. The van der Waals surface area contributed by atoms with E-state index in [-0.39, 0.29) is 17.5 Å². The zero-order valence-corrected chi connectivity index (χ0v) is 10.6. The Morgan fingerprint density at radius 1 is 1.44 bits per heavy atom. The SMILES string of the molecule is CC(CN1CCOCC1)C(=O)c1cccc(F)c1. The molecule has 0 bridgehead atoms. The van der Waals surface area contributed by atoms with E-state index in [2.05, 4.69) is 4.90 Å². The highest BCUT2D eigenvalue weighted by Crippen LogP contribution is 2.12. The minimum Gasteiger partial charge on any atom is -0.379 e. The van der Waals surface area contributed by atoms with Crippen LogP contribution in [0.3, 0.4) is 0 Å². The maximum atomic E-state index is 13.1. The van der Waals surface area contributed by atoms with Crippen LogP contribution in [0.4, 0.5) is 4.39 Å². The lowest BCUT2D eigenvalue weighted by Gasteiger charge is -2.28. The quantitative estimate of drug-likeness (QED) is 0.766. The minimum absolute atomic E-state index is 0.000918. The maximum absolute atomic E-state index is 13.1. The first kappa shape index (κ1) is 13.2. The van der Waals surface area contributed by atoms with Crippen molar-refractivity contribution in [2.75, 3.05) is 32.8 Å². The molecular formula is C14H18FNO2. The van der Waals surface area contributed by atoms with Gasteiger partial charge in [-0.15, -0.1) is 0 Å². The van der Waals surface area contributed by atoms with Crippen LogP contribution < -0.4 is 0 Å². The predicted molar refractivity (Wildman–Crippen MR) is 67.2 cm³/mol.